The summed E-state index contributed by atoms with van der Waals surface area (Å²) in [5.41, 5.74) is 2.73. The van der Waals surface area contributed by atoms with Gasteiger partial charge in [0, 0.05) is 17.9 Å². The maximum Gasteiger partial charge on any atom is 0.159 e. The van der Waals surface area contributed by atoms with E-state index in [1.165, 1.54) is 12.2 Å². The topological polar surface area (TPSA) is 83.8 Å². The van der Waals surface area contributed by atoms with E-state index >= 15 is 0 Å². The number of hydrogen-bond acceptors (Lipinski definition) is 5. The zero-order valence-corrected chi connectivity index (χ0v) is 21.2. The highest BCUT2D eigenvalue weighted by Gasteiger charge is 2.13. The minimum Gasteiger partial charge on any atom is -0.508 e. The van der Waals surface area contributed by atoms with Crippen LogP contribution in [0.25, 0.3) is 0 Å². The molecule has 5 nitrogen and oxygen atoms in total. The van der Waals surface area contributed by atoms with Crippen molar-refractivity contribution in [3.63, 3.8) is 0 Å². The molecule has 5 heteroatoms. The molecule has 0 unspecified atom stereocenters. The third-order valence-corrected chi connectivity index (χ3v) is 5.42. The first-order valence-electron chi connectivity index (χ1n) is 11.5. The van der Waals surface area contributed by atoms with Crippen molar-refractivity contribution in [1.82, 2.24) is 0 Å². The second-order valence-corrected chi connectivity index (χ2v) is 9.53. The molecular weight excluding hydrogens is 416 g/mol. The maximum atomic E-state index is 12.4. The lowest BCUT2D eigenvalue weighted by molar-refractivity contribution is -0.118. The van der Waals surface area contributed by atoms with Crippen LogP contribution in [0, 0.1) is 12.8 Å². The van der Waals surface area contributed by atoms with E-state index in [9.17, 15) is 19.8 Å². The first kappa shape index (κ1) is 28.4. The number of aryl methyl sites for hydroxylation is 1. The fourth-order valence-corrected chi connectivity index (χ4v) is 3.58. The largest absolute Gasteiger partial charge is 0.508 e. The minimum atomic E-state index is -0.991. The van der Waals surface area contributed by atoms with Crippen LogP contribution in [0.4, 0.5) is 0 Å². The van der Waals surface area contributed by atoms with Crippen LogP contribution in [-0.2, 0) is 16.0 Å². The number of carbonyl (C=O) groups is 2. The highest BCUT2D eigenvalue weighted by molar-refractivity contribution is 5.92. The first-order chi connectivity index (χ1) is 15.3. The van der Waals surface area contributed by atoms with Crippen molar-refractivity contribution in [2.45, 2.75) is 79.2 Å². The van der Waals surface area contributed by atoms with Gasteiger partial charge in [-0.3, -0.25) is 9.59 Å². The van der Waals surface area contributed by atoms with Crippen LogP contribution in [0.2, 0.25) is 0 Å². The molecule has 0 bridgehead atoms. The lowest BCUT2D eigenvalue weighted by atomic mass is 9.96. The fourth-order valence-electron chi connectivity index (χ4n) is 3.58. The molecule has 1 aromatic rings. The zero-order chi connectivity index (χ0) is 25.2. The quantitative estimate of drug-likeness (QED) is 0.289. The number of benzene rings is 1. The molecule has 33 heavy (non-hydrogen) atoms. The lowest BCUT2D eigenvalue weighted by Crippen LogP contribution is -2.16. The third-order valence-electron chi connectivity index (χ3n) is 5.42. The number of methoxy groups -OCH3 is 1. The molecule has 0 fully saturated rings. The molecule has 2 N–H and O–H groups in total. The highest BCUT2D eigenvalue weighted by atomic mass is 16.5. The normalized spacial score (nSPS) is 13.9. The van der Waals surface area contributed by atoms with Gasteiger partial charge in [-0.1, -0.05) is 30.2 Å². The Bertz CT molecular complexity index is 913. The van der Waals surface area contributed by atoms with Crippen molar-refractivity contribution < 1.29 is 24.5 Å². The lowest BCUT2D eigenvalue weighted by Gasteiger charge is -2.12. The Morgan fingerprint density at radius 2 is 1.85 bits per heavy atom. The van der Waals surface area contributed by atoms with Crippen LogP contribution in [0.3, 0.4) is 0 Å². The number of ketones is 2. The van der Waals surface area contributed by atoms with E-state index in [1.807, 2.05) is 33.8 Å². The molecule has 0 aliphatic rings. The van der Waals surface area contributed by atoms with Crippen LogP contribution in [0.15, 0.2) is 47.6 Å². The molecule has 0 saturated heterocycles. The van der Waals surface area contributed by atoms with Gasteiger partial charge >= 0.3 is 0 Å². The zero-order valence-electron chi connectivity index (χ0n) is 21.2. The van der Waals surface area contributed by atoms with E-state index in [0.29, 0.717) is 12.8 Å². The van der Waals surface area contributed by atoms with E-state index in [1.54, 1.807) is 39.2 Å². The summed E-state index contributed by atoms with van der Waals surface area (Å²) in [4.78, 5) is 24.5. The maximum absolute atomic E-state index is 12.4. The van der Waals surface area contributed by atoms with E-state index in [4.69, 9.17) is 4.74 Å². The summed E-state index contributed by atoms with van der Waals surface area (Å²) in [7, 11) is 1.61. The predicted octanol–water partition coefficient (Wildman–Crippen LogP) is 5.81. The van der Waals surface area contributed by atoms with Gasteiger partial charge in [0.15, 0.2) is 11.6 Å². The second-order valence-electron chi connectivity index (χ2n) is 9.53. The van der Waals surface area contributed by atoms with Gasteiger partial charge in [0.05, 0.1) is 12.7 Å². The van der Waals surface area contributed by atoms with Crippen molar-refractivity contribution in [3.8, 4) is 11.5 Å². The molecule has 1 rings (SSSR count). The Hall–Kier alpha value is -2.66. The molecule has 0 amide bonds. The standard InChI is InChI=1S/C28H40O5/c1-19(9-8-10-21(3)26(31)13-14-28(5,6)32)15-24(29)16-20(2)11-12-23-18-25(30)17-22(4)27(23)33-7/h11,13-15,17-18,21,30,32H,8-10,12,16H2,1-7H3/b14-13+,19-15+,20-11+/t21-/m1/s1. The van der Waals surface area contributed by atoms with Gasteiger partial charge in [-0.25, -0.2) is 0 Å². The van der Waals surface area contributed by atoms with E-state index in [0.717, 1.165) is 47.3 Å². The Balaban J connectivity index is 2.56. The van der Waals surface area contributed by atoms with Crippen molar-refractivity contribution in [1.29, 1.82) is 0 Å². The summed E-state index contributed by atoms with van der Waals surface area (Å²) >= 11 is 0. The third kappa shape index (κ3) is 11.2. The summed E-state index contributed by atoms with van der Waals surface area (Å²) in [6, 6.07) is 3.35. The summed E-state index contributed by atoms with van der Waals surface area (Å²) in [5.74, 6) is 0.900. The van der Waals surface area contributed by atoms with Crippen molar-refractivity contribution in [2.24, 2.45) is 5.92 Å². The number of aromatic hydroxyl groups is 1. The average molecular weight is 457 g/mol. The molecule has 1 aromatic carbocycles. The van der Waals surface area contributed by atoms with Crippen molar-refractivity contribution >= 4 is 11.6 Å². The molecule has 0 heterocycles. The Morgan fingerprint density at radius 1 is 1.18 bits per heavy atom. The number of phenolic OH excluding ortho intramolecular Hbond substituents is 1. The fraction of sp³-hybridized carbons (Fsp3) is 0.500. The highest BCUT2D eigenvalue weighted by Crippen LogP contribution is 2.29. The van der Waals surface area contributed by atoms with Gasteiger partial charge in [0.25, 0.3) is 0 Å². The molecule has 182 valence electrons. The smallest absolute Gasteiger partial charge is 0.159 e. The average Bonchev–Trinajstić information content (AvgIpc) is 2.69. The molecule has 0 saturated carbocycles. The number of allylic oxidation sites excluding steroid dienone is 5. The summed E-state index contributed by atoms with van der Waals surface area (Å²) in [5, 5.41) is 19.5. The van der Waals surface area contributed by atoms with Crippen LogP contribution >= 0.6 is 0 Å². The molecule has 0 radical (unpaired) electrons. The molecule has 0 aliphatic heterocycles. The van der Waals surface area contributed by atoms with Gasteiger partial charge in [0.1, 0.15) is 11.5 Å². The van der Waals surface area contributed by atoms with Crippen LogP contribution in [-0.4, -0.2) is 34.5 Å². The number of aliphatic hydroxyl groups is 1. The van der Waals surface area contributed by atoms with Gasteiger partial charge < -0.3 is 14.9 Å². The Kier molecular flexibility index (Phi) is 11.3. The number of phenols is 1. The van der Waals surface area contributed by atoms with Crippen molar-refractivity contribution in [3.05, 3.63) is 58.7 Å². The summed E-state index contributed by atoms with van der Waals surface area (Å²) < 4.78 is 5.44. The molecule has 0 spiro atoms. The van der Waals surface area contributed by atoms with Crippen LogP contribution in [0.5, 0.6) is 11.5 Å². The van der Waals surface area contributed by atoms with E-state index < -0.39 is 5.60 Å². The molecule has 0 aromatic heterocycles. The Labute approximate surface area is 198 Å². The number of carbonyl (C=O) groups excluding carboxylic acids is 2. The van der Waals surface area contributed by atoms with Crippen molar-refractivity contribution in [2.75, 3.05) is 7.11 Å². The second kappa shape index (κ2) is 13.1. The SMILES string of the molecule is COc1c(C)cc(O)cc1C/C=C(\C)CC(=O)/C=C(\C)CCC[C@@H](C)C(=O)/C=C/C(C)(C)O. The van der Waals surface area contributed by atoms with E-state index in [-0.39, 0.29) is 23.2 Å². The summed E-state index contributed by atoms with van der Waals surface area (Å²) in [6.07, 6.45) is 9.90. The Morgan fingerprint density at radius 3 is 2.45 bits per heavy atom. The number of ether oxygens (including phenoxy) is 1. The van der Waals surface area contributed by atoms with Crippen LogP contribution < -0.4 is 4.74 Å². The monoisotopic (exact) mass is 456 g/mol. The van der Waals surface area contributed by atoms with E-state index in [2.05, 4.69) is 0 Å². The number of rotatable bonds is 13. The molecule has 1 atom stereocenters. The summed E-state index contributed by atoms with van der Waals surface area (Å²) in [6.45, 7) is 10.9. The first-order valence-corrected chi connectivity index (χ1v) is 11.5. The van der Waals surface area contributed by atoms with Gasteiger partial charge in [-0.2, -0.15) is 0 Å². The molecular formula is C28H40O5. The van der Waals surface area contributed by atoms with Crippen LogP contribution in [0.1, 0.15) is 71.4 Å². The minimum absolute atomic E-state index is 0.00848. The van der Waals surface area contributed by atoms with Gasteiger partial charge in [-0.15, -0.1) is 0 Å². The van der Waals surface area contributed by atoms with Gasteiger partial charge in [0.2, 0.25) is 0 Å². The number of hydrogen-bond donors (Lipinski definition) is 2. The van der Waals surface area contributed by atoms with Gasteiger partial charge in [-0.05, 0) is 90.2 Å². The predicted molar refractivity (Wildman–Crippen MR) is 134 cm³/mol. The molecule has 0 aliphatic carbocycles.